The number of nitrogens with one attached hydrogen (secondary N) is 1. The fourth-order valence-corrected chi connectivity index (χ4v) is 4.11. The summed E-state index contributed by atoms with van der Waals surface area (Å²) in [6.45, 7) is 6.42. The largest absolute Gasteiger partial charge is 0.376 e. The number of carbonyl (C=O) groups is 1. The van der Waals surface area contributed by atoms with Crippen LogP contribution in [0.1, 0.15) is 39.0 Å². The second kappa shape index (κ2) is 8.90. The molecule has 0 aromatic carbocycles. The number of rotatable bonds is 6. The van der Waals surface area contributed by atoms with Crippen molar-refractivity contribution in [3.05, 3.63) is 0 Å². The van der Waals surface area contributed by atoms with Crippen molar-refractivity contribution in [2.45, 2.75) is 50.4 Å². The number of likely N-dealkylation sites (tertiary alicyclic amines) is 1. The Morgan fingerprint density at radius 3 is 3.00 bits per heavy atom. The standard InChI is InChI=1S/C15H28N2O2S/c1-2-20-14-7-3-4-8-17(11-14)12-15(18)16-10-13-6-5-9-19-13/h13-14H,2-12H2,1H3,(H,16,18). The van der Waals surface area contributed by atoms with Gasteiger partial charge in [-0.3, -0.25) is 9.69 Å². The highest BCUT2D eigenvalue weighted by molar-refractivity contribution is 7.99. The molecule has 0 aromatic rings. The third-order valence-corrected chi connectivity index (χ3v) is 5.22. The number of thioether (sulfide) groups is 1. The Labute approximate surface area is 127 Å². The Morgan fingerprint density at radius 2 is 2.25 bits per heavy atom. The average molecular weight is 300 g/mol. The minimum Gasteiger partial charge on any atom is -0.376 e. The number of hydrogen-bond donors (Lipinski definition) is 1. The number of amides is 1. The van der Waals surface area contributed by atoms with Gasteiger partial charge in [0.05, 0.1) is 12.6 Å². The Hall–Kier alpha value is -0.260. The van der Waals surface area contributed by atoms with Gasteiger partial charge in [-0.2, -0.15) is 11.8 Å². The summed E-state index contributed by atoms with van der Waals surface area (Å²) >= 11 is 2.04. The van der Waals surface area contributed by atoms with Crippen LogP contribution in [0, 0.1) is 0 Å². The minimum absolute atomic E-state index is 0.155. The molecule has 20 heavy (non-hydrogen) atoms. The lowest BCUT2D eigenvalue weighted by molar-refractivity contribution is -0.122. The summed E-state index contributed by atoms with van der Waals surface area (Å²) in [6, 6.07) is 0. The monoisotopic (exact) mass is 300 g/mol. The summed E-state index contributed by atoms with van der Waals surface area (Å²) in [5, 5.41) is 3.73. The maximum Gasteiger partial charge on any atom is 0.234 e. The Kier molecular flexibility index (Phi) is 7.17. The molecule has 2 aliphatic rings. The van der Waals surface area contributed by atoms with Gasteiger partial charge in [-0.05, 0) is 38.0 Å². The molecular weight excluding hydrogens is 272 g/mol. The smallest absolute Gasteiger partial charge is 0.234 e. The van der Waals surface area contributed by atoms with Gasteiger partial charge >= 0.3 is 0 Å². The van der Waals surface area contributed by atoms with E-state index in [1.54, 1.807) is 0 Å². The van der Waals surface area contributed by atoms with Crippen LogP contribution in [-0.2, 0) is 9.53 Å². The van der Waals surface area contributed by atoms with Gasteiger partial charge in [0.1, 0.15) is 0 Å². The first kappa shape index (κ1) is 16.1. The van der Waals surface area contributed by atoms with E-state index in [0.717, 1.165) is 32.5 Å². The van der Waals surface area contributed by atoms with E-state index in [4.69, 9.17) is 4.74 Å². The molecule has 2 heterocycles. The summed E-state index contributed by atoms with van der Waals surface area (Å²) in [4.78, 5) is 14.4. The number of nitrogens with zero attached hydrogens (tertiary/aromatic N) is 1. The summed E-state index contributed by atoms with van der Waals surface area (Å²) in [7, 11) is 0. The van der Waals surface area contributed by atoms with Crippen LogP contribution in [0.3, 0.4) is 0 Å². The Bertz CT molecular complexity index is 296. The van der Waals surface area contributed by atoms with Crippen LogP contribution in [0.4, 0.5) is 0 Å². The minimum atomic E-state index is 0.155. The summed E-state index contributed by atoms with van der Waals surface area (Å²) in [5.74, 6) is 1.33. The van der Waals surface area contributed by atoms with Gasteiger partial charge in [0.25, 0.3) is 0 Å². The zero-order valence-corrected chi connectivity index (χ0v) is 13.4. The van der Waals surface area contributed by atoms with Gasteiger partial charge in [0.2, 0.25) is 5.91 Å². The van der Waals surface area contributed by atoms with E-state index < -0.39 is 0 Å². The molecule has 0 spiro atoms. The maximum atomic E-state index is 12.0. The van der Waals surface area contributed by atoms with E-state index >= 15 is 0 Å². The van der Waals surface area contributed by atoms with Crippen LogP contribution in [0.5, 0.6) is 0 Å². The quantitative estimate of drug-likeness (QED) is 0.813. The predicted octanol–water partition coefficient (Wildman–Crippen LogP) is 1.89. The van der Waals surface area contributed by atoms with Gasteiger partial charge in [-0.15, -0.1) is 0 Å². The summed E-state index contributed by atoms with van der Waals surface area (Å²) < 4.78 is 5.53. The van der Waals surface area contributed by atoms with Crippen LogP contribution in [-0.4, -0.2) is 60.7 Å². The molecule has 116 valence electrons. The van der Waals surface area contributed by atoms with Crippen molar-refractivity contribution in [2.24, 2.45) is 0 Å². The molecule has 0 aliphatic carbocycles. The van der Waals surface area contributed by atoms with Crippen molar-refractivity contribution < 1.29 is 9.53 Å². The highest BCUT2D eigenvalue weighted by atomic mass is 32.2. The lowest BCUT2D eigenvalue weighted by Gasteiger charge is -2.23. The molecule has 1 N–H and O–H groups in total. The van der Waals surface area contributed by atoms with Crippen molar-refractivity contribution in [1.82, 2.24) is 10.2 Å². The van der Waals surface area contributed by atoms with Crippen LogP contribution in [0.2, 0.25) is 0 Å². The highest BCUT2D eigenvalue weighted by Crippen LogP contribution is 2.21. The zero-order valence-electron chi connectivity index (χ0n) is 12.6. The molecule has 0 saturated carbocycles. The van der Waals surface area contributed by atoms with E-state index in [9.17, 15) is 4.79 Å². The lowest BCUT2D eigenvalue weighted by atomic mass is 10.2. The molecule has 4 nitrogen and oxygen atoms in total. The fourth-order valence-electron chi connectivity index (χ4n) is 2.99. The lowest BCUT2D eigenvalue weighted by Crippen LogP contribution is -2.41. The van der Waals surface area contributed by atoms with Gasteiger partial charge in [0.15, 0.2) is 0 Å². The molecule has 2 aliphatic heterocycles. The predicted molar refractivity (Wildman–Crippen MR) is 84.2 cm³/mol. The Morgan fingerprint density at radius 1 is 1.35 bits per heavy atom. The number of ether oxygens (including phenoxy) is 1. The Balaban J connectivity index is 1.68. The molecule has 2 unspecified atom stereocenters. The van der Waals surface area contributed by atoms with Crippen molar-refractivity contribution in [3.63, 3.8) is 0 Å². The van der Waals surface area contributed by atoms with E-state index in [0.29, 0.717) is 18.3 Å². The topological polar surface area (TPSA) is 41.6 Å². The first-order valence-corrected chi connectivity index (χ1v) is 9.05. The van der Waals surface area contributed by atoms with Crippen LogP contribution in [0.15, 0.2) is 0 Å². The van der Waals surface area contributed by atoms with Crippen LogP contribution < -0.4 is 5.32 Å². The van der Waals surface area contributed by atoms with Crippen molar-refractivity contribution in [2.75, 3.05) is 38.5 Å². The van der Waals surface area contributed by atoms with E-state index in [1.807, 2.05) is 11.8 Å². The van der Waals surface area contributed by atoms with E-state index in [1.165, 1.54) is 25.0 Å². The molecular formula is C15H28N2O2S. The zero-order chi connectivity index (χ0) is 14.2. The van der Waals surface area contributed by atoms with Crippen LogP contribution >= 0.6 is 11.8 Å². The van der Waals surface area contributed by atoms with E-state index in [2.05, 4.69) is 17.1 Å². The molecule has 2 fully saturated rings. The van der Waals surface area contributed by atoms with Gasteiger partial charge in [-0.1, -0.05) is 13.3 Å². The molecule has 2 rings (SSSR count). The highest BCUT2D eigenvalue weighted by Gasteiger charge is 2.21. The van der Waals surface area contributed by atoms with Gasteiger partial charge in [0, 0.05) is 24.9 Å². The number of carbonyl (C=O) groups excluding carboxylic acids is 1. The maximum absolute atomic E-state index is 12.0. The molecule has 1 amide bonds. The first-order chi connectivity index (χ1) is 9.78. The van der Waals surface area contributed by atoms with E-state index in [-0.39, 0.29) is 12.0 Å². The van der Waals surface area contributed by atoms with Crippen molar-refractivity contribution in [1.29, 1.82) is 0 Å². The first-order valence-electron chi connectivity index (χ1n) is 8.00. The van der Waals surface area contributed by atoms with Gasteiger partial charge in [-0.25, -0.2) is 0 Å². The third kappa shape index (κ3) is 5.62. The second-order valence-corrected chi connectivity index (χ2v) is 7.32. The summed E-state index contributed by atoms with van der Waals surface area (Å²) in [5.41, 5.74) is 0. The van der Waals surface area contributed by atoms with Crippen molar-refractivity contribution >= 4 is 17.7 Å². The molecule has 0 aromatic heterocycles. The normalized spacial score (nSPS) is 28.2. The van der Waals surface area contributed by atoms with Crippen molar-refractivity contribution in [3.8, 4) is 0 Å². The fraction of sp³-hybridized carbons (Fsp3) is 0.933. The molecule has 0 radical (unpaired) electrons. The number of hydrogen-bond acceptors (Lipinski definition) is 4. The molecule has 2 saturated heterocycles. The average Bonchev–Trinajstić information content (AvgIpc) is 2.85. The molecule has 2 atom stereocenters. The van der Waals surface area contributed by atoms with Gasteiger partial charge < -0.3 is 10.1 Å². The van der Waals surface area contributed by atoms with Crippen LogP contribution in [0.25, 0.3) is 0 Å². The SMILES string of the molecule is CCSC1CCCCN(CC(=O)NCC2CCCO2)C1. The molecule has 5 heteroatoms. The summed E-state index contributed by atoms with van der Waals surface area (Å²) in [6.07, 6.45) is 6.27. The molecule has 0 bridgehead atoms. The third-order valence-electron chi connectivity index (χ3n) is 4.03. The second-order valence-electron chi connectivity index (χ2n) is 5.75.